The molecular formula is C22H26N6O5. The van der Waals surface area contributed by atoms with Crippen molar-refractivity contribution < 1.29 is 24.6 Å². The number of amides is 1. The van der Waals surface area contributed by atoms with Gasteiger partial charge in [-0.2, -0.15) is 4.98 Å². The fourth-order valence-corrected chi connectivity index (χ4v) is 3.57. The van der Waals surface area contributed by atoms with Crippen LogP contribution in [0.25, 0.3) is 11.0 Å². The minimum Gasteiger partial charge on any atom is -0.481 e. The van der Waals surface area contributed by atoms with Crippen LogP contribution in [0.4, 0.5) is 11.8 Å². The summed E-state index contributed by atoms with van der Waals surface area (Å²) in [5, 5.41) is 20.3. The predicted octanol–water partition coefficient (Wildman–Crippen LogP) is 1.84. The zero-order valence-electron chi connectivity index (χ0n) is 18.1. The summed E-state index contributed by atoms with van der Waals surface area (Å²) < 4.78 is 1.98. The molecule has 11 nitrogen and oxygen atoms in total. The van der Waals surface area contributed by atoms with Crippen LogP contribution in [0.5, 0.6) is 0 Å². The summed E-state index contributed by atoms with van der Waals surface area (Å²) in [7, 11) is 0. The number of nitrogens with zero attached hydrogens (tertiary/aromatic N) is 3. The number of carbonyl (C=O) groups excluding carboxylic acids is 1. The second kappa shape index (κ2) is 9.98. The number of nitrogen functional groups attached to an aromatic ring is 2. The summed E-state index contributed by atoms with van der Waals surface area (Å²) >= 11 is 0. The third-order valence-corrected chi connectivity index (χ3v) is 5.45. The molecule has 1 unspecified atom stereocenters. The third-order valence-electron chi connectivity index (χ3n) is 5.45. The van der Waals surface area contributed by atoms with E-state index in [9.17, 15) is 19.5 Å². The number of carbonyl (C=O) groups is 3. The van der Waals surface area contributed by atoms with Crippen LogP contribution < -0.4 is 16.8 Å². The molecule has 3 rings (SSSR count). The van der Waals surface area contributed by atoms with Crippen LogP contribution in [0.1, 0.15) is 48.0 Å². The zero-order valence-corrected chi connectivity index (χ0v) is 18.1. The molecule has 0 aliphatic carbocycles. The number of fused-ring (bicyclic) bond motifs is 1. The average molecular weight is 454 g/mol. The Balaban J connectivity index is 1.62. The van der Waals surface area contributed by atoms with Crippen LogP contribution in [-0.2, 0) is 16.1 Å². The first-order valence-electron chi connectivity index (χ1n) is 10.4. The second-order valence-corrected chi connectivity index (χ2v) is 7.82. The van der Waals surface area contributed by atoms with Gasteiger partial charge in [0.25, 0.3) is 5.91 Å². The number of anilines is 2. The van der Waals surface area contributed by atoms with Crippen LogP contribution in [0.3, 0.4) is 0 Å². The summed E-state index contributed by atoms with van der Waals surface area (Å²) in [6, 6.07) is 7.45. The first-order chi connectivity index (χ1) is 15.7. The third kappa shape index (κ3) is 5.76. The predicted molar refractivity (Wildman–Crippen MR) is 122 cm³/mol. The summed E-state index contributed by atoms with van der Waals surface area (Å²) in [5.41, 5.74) is 14.4. The van der Waals surface area contributed by atoms with Gasteiger partial charge in [-0.15, -0.1) is 0 Å². The molecule has 0 saturated carbocycles. The van der Waals surface area contributed by atoms with Crippen molar-refractivity contribution in [2.45, 2.75) is 44.7 Å². The maximum Gasteiger partial charge on any atom is 0.326 e. The lowest BCUT2D eigenvalue weighted by Crippen LogP contribution is -2.41. The summed E-state index contributed by atoms with van der Waals surface area (Å²) in [6.45, 7) is 2.74. The van der Waals surface area contributed by atoms with Crippen molar-refractivity contribution in [3.63, 3.8) is 0 Å². The molecule has 2 aromatic heterocycles. The van der Waals surface area contributed by atoms with E-state index < -0.39 is 23.9 Å². The Kier molecular flexibility index (Phi) is 7.11. The minimum atomic E-state index is -1.28. The van der Waals surface area contributed by atoms with Crippen molar-refractivity contribution in [1.82, 2.24) is 19.9 Å². The van der Waals surface area contributed by atoms with Crippen LogP contribution in [-0.4, -0.2) is 48.6 Å². The highest BCUT2D eigenvalue weighted by atomic mass is 16.4. The monoisotopic (exact) mass is 454 g/mol. The maximum atomic E-state index is 12.4. The highest BCUT2D eigenvalue weighted by Gasteiger charge is 2.21. The van der Waals surface area contributed by atoms with E-state index >= 15 is 0 Å². The van der Waals surface area contributed by atoms with Crippen molar-refractivity contribution in [3.8, 4) is 0 Å². The topological polar surface area (TPSA) is 186 Å². The average Bonchev–Trinajstić information content (AvgIpc) is 3.17. The van der Waals surface area contributed by atoms with E-state index in [4.69, 9.17) is 16.6 Å². The summed E-state index contributed by atoms with van der Waals surface area (Å²) in [6.07, 6.45) is 2.13. The molecule has 0 radical (unpaired) electrons. The highest BCUT2D eigenvalue weighted by molar-refractivity contribution is 5.96. The van der Waals surface area contributed by atoms with Crippen molar-refractivity contribution in [2.24, 2.45) is 0 Å². The van der Waals surface area contributed by atoms with Gasteiger partial charge in [-0.3, -0.25) is 9.59 Å². The van der Waals surface area contributed by atoms with Crippen molar-refractivity contribution in [1.29, 1.82) is 0 Å². The fourth-order valence-electron chi connectivity index (χ4n) is 3.57. The van der Waals surface area contributed by atoms with Gasteiger partial charge in [0, 0.05) is 24.7 Å². The molecule has 1 aromatic carbocycles. The van der Waals surface area contributed by atoms with Gasteiger partial charge < -0.3 is 31.6 Å². The second-order valence-electron chi connectivity index (χ2n) is 7.82. The fraction of sp³-hybridized carbons (Fsp3) is 0.318. The van der Waals surface area contributed by atoms with E-state index in [1.807, 2.05) is 29.0 Å². The van der Waals surface area contributed by atoms with E-state index in [0.29, 0.717) is 23.4 Å². The smallest absolute Gasteiger partial charge is 0.326 e. The SMILES string of the molecule is CC(CCn1ccc2nc(N)nc(N)c21)c1ccc(C(=O)N[C@H](CCC(=O)O)C(=O)O)cc1. The molecule has 174 valence electrons. The first kappa shape index (κ1) is 23.5. The van der Waals surface area contributed by atoms with Gasteiger partial charge >= 0.3 is 11.9 Å². The number of nitrogens with one attached hydrogen (secondary N) is 1. The maximum absolute atomic E-state index is 12.4. The summed E-state index contributed by atoms with van der Waals surface area (Å²) in [5.74, 6) is -2.35. The Bertz CT molecular complexity index is 1170. The Morgan fingerprint density at radius 2 is 1.76 bits per heavy atom. The van der Waals surface area contributed by atoms with Crippen LogP contribution in [0.2, 0.25) is 0 Å². The standard InChI is InChI=1S/C22H26N6O5/c1-12(8-10-28-11-9-15-18(28)19(23)27-22(24)26-15)13-2-4-14(5-3-13)20(31)25-16(21(32)33)6-7-17(29)30/h2-5,9,11-12,16H,6-8,10H2,1H3,(H,25,31)(H,29,30)(H,32,33)(H4,23,24,26,27)/t12?,16-/m1/s1. The van der Waals surface area contributed by atoms with Gasteiger partial charge in [0.2, 0.25) is 5.95 Å². The van der Waals surface area contributed by atoms with E-state index in [0.717, 1.165) is 17.5 Å². The Labute approximate surface area is 189 Å². The number of aryl methyl sites for hydroxylation is 1. The molecule has 2 atom stereocenters. The molecule has 0 bridgehead atoms. The number of nitrogens with two attached hydrogens (primary N) is 2. The Hall–Kier alpha value is -4.15. The summed E-state index contributed by atoms with van der Waals surface area (Å²) in [4.78, 5) is 42.5. The number of carboxylic acid groups (broad SMARTS) is 2. The molecular weight excluding hydrogens is 428 g/mol. The van der Waals surface area contributed by atoms with Gasteiger partial charge in [-0.1, -0.05) is 19.1 Å². The molecule has 7 N–H and O–H groups in total. The number of rotatable bonds is 10. The van der Waals surface area contributed by atoms with Crippen molar-refractivity contribution in [3.05, 3.63) is 47.7 Å². The number of aromatic nitrogens is 3. The number of benzene rings is 1. The van der Waals surface area contributed by atoms with E-state index in [-0.39, 0.29) is 24.7 Å². The van der Waals surface area contributed by atoms with E-state index in [1.54, 1.807) is 12.1 Å². The molecule has 0 fully saturated rings. The van der Waals surface area contributed by atoms with E-state index in [2.05, 4.69) is 22.2 Å². The number of carboxylic acids is 2. The number of hydrogen-bond donors (Lipinski definition) is 5. The lowest BCUT2D eigenvalue weighted by molar-refractivity contribution is -0.140. The Morgan fingerprint density at radius 1 is 1.06 bits per heavy atom. The van der Waals surface area contributed by atoms with Crippen molar-refractivity contribution in [2.75, 3.05) is 11.5 Å². The van der Waals surface area contributed by atoms with Gasteiger partial charge in [-0.25, -0.2) is 9.78 Å². The quantitative estimate of drug-likeness (QED) is 0.304. The molecule has 1 amide bonds. The van der Waals surface area contributed by atoms with Gasteiger partial charge in [-0.05, 0) is 42.5 Å². The molecule has 0 saturated heterocycles. The lowest BCUT2D eigenvalue weighted by atomic mass is 9.96. The zero-order chi connectivity index (χ0) is 24.1. The lowest BCUT2D eigenvalue weighted by Gasteiger charge is -2.15. The van der Waals surface area contributed by atoms with Crippen molar-refractivity contribution >= 4 is 40.6 Å². The van der Waals surface area contributed by atoms with Gasteiger partial charge in [0.15, 0.2) is 5.82 Å². The number of hydrogen-bond acceptors (Lipinski definition) is 7. The molecule has 2 heterocycles. The van der Waals surface area contributed by atoms with Gasteiger partial charge in [0.05, 0.1) is 5.52 Å². The van der Waals surface area contributed by atoms with E-state index in [1.165, 1.54) is 0 Å². The van der Waals surface area contributed by atoms with Crippen LogP contribution in [0, 0.1) is 0 Å². The minimum absolute atomic E-state index is 0.131. The molecule has 3 aromatic rings. The highest BCUT2D eigenvalue weighted by Crippen LogP contribution is 2.24. The largest absolute Gasteiger partial charge is 0.481 e. The molecule has 0 spiro atoms. The van der Waals surface area contributed by atoms with Crippen LogP contribution >= 0.6 is 0 Å². The van der Waals surface area contributed by atoms with Gasteiger partial charge in [0.1, 0.15) is 11.6 Å². The molecule has 0 aliphatic heterocycles. The Morgan fingerprint density at radius 3 is 2.39 bits per heavy atom. The molecule has 11 heteroatoms. The van der Waals surface area contributed by atoms with Crippen LogP contribution in [0.15, 0.2) is 36.5 Å². The first-order valence-corrected chi connectivity index (χ1v) is 10.4. The molecule has 33 heavy (non-hydrogen) atoms. The molecule has 0 aliphatic rings. The number of aliphatic carboxylic acids is 2. The normalized spacial score (nSPS) is 12.9.